The van der Waals surface area contributed by atoms with Crippen molar-refractivity contribution in [3.05, 3.63) is 40.6 Å². The van der Waals surface area contributed by atoms with Crippen LogP contribution in [0.1, 0.15) is 12.5 Å². The first-order valence-electron chi connectivity index (χ1n) is 6.33. The Labute approximate surface area is 116 Å². The molecule has 2 aromatic heterocycles. The molecule has 1 aromatic carbocycles. The van der Waals surface area contributed by atoms with Crippen molar-refractivity contribution in [3.63, 3.8) is 0 Å². The van der Waals surface area contributed by atoms with Gasteiger partial charge in [0.25, 0.3) is 0 Å². The molecule has 3 nitrogen and oxygen atoms in total. The summed E-state index contributed by atoms with van der Waals surface area (Å²) in [6.45, 7) is 5.01. The summed E-state index contributed by atoms with van der Waals surface area (Å²) in [6, 6.07) is 8.33. The first kappa shape index (κ1) is 12.1. The number of thiophene rings is 1. The second-order valence-corrected chi connectivity index (χ2v) is 5.24. The summed E-state index contributed by atoms with van der Waals surface area (Å²) in [5.41, 5.74) is 3.28. The van der Waals surface area contributed by atoms with Gasteiger partial charge in [0.1, 0.15) is 5.82 Å². The highest BCUT2D eigenvalue weighted by Crippen LogP contribution is 2.26. The van der Waals surface area contributed by atoms with Gasteiger partial charge in [-0.15, -0.1) is 0 Å². The van der Waals surface area contributed by atoms with Crippen LogP contribution < -0.4 is 5.32 Å². The van der Waals surface area contributed by atoms with E-state index in [2.05, 4.69) is 58.8 Å². The lowest BCUT2D eigenvalue weighted by Crippen LogP contribution is -2.02. The largest absolute Gasteiger partial charge is 0.370 e. The Morgan fingerprint density at radius 1 is 1.21 bits per heavy atom. The fraction of sp³-hybridized carbons (Fsp3) is 0.200. The summed E-state index contributed by atoms with van der Waals surface area (Å²) in [5, 5.41) is 8.54. The number of hydrogen-bond acceptors (Lipinski definition) is 4. The maximum atomic E-state index is 4.66. The summed E-state index contributed by atoms with van der Waals surface area (Å²) in [5.74, 6) is 1.70. The minimum absolute atomic E-state index is 0.786. The number of hydrogen-bond donors (Lipinski definition) is 1. The fourth-order valence-electron chi connectivity index (χ4n) is 2.07. The first-order chi connectivity index (χ1) is 9.28. The van der Waals surface area contributed by atoms with Gasteiger partial charge in [-0.3, -0.25) is 0 Å². The standard InChI is InChI=1S/C15H15N3S/c1-3-16-15-12-8-10(2)4-5-13(12)17-14(18-15)11-6-7-19-9-11/h4-9H,3H2,1-2H3,(H,16,17,18). The molecule has 0 aliphatic rings. The minimum atomic E-state index is 0.786. The zero-order valence-electron chi connectivity index (χ0n) is 11.0. The Morgan fingerprint density at radius 3 is 2.84 bits per heavy atom. The molecule has 1 N–H and O–H groups in total. The van der Waals surface area contributed by atoms with E-state index in [4.69, 9.17) is 0 Å². The number of anilines is 1. The number of aromatic nitrogens is 2. The number of nitrogens with one attached hydrogen (secondary N) is 1. The van der Waals surface area contributed by atoms with Gasteiger partial charge in [0, 0.05) is 22.9 Å². The molecule has 0 radical (unpaired) electrons. The van der Waals surface area contributed by atoms with Crippen molar-refractivity contribution >= 4 is 28.1 Å². The van der Waals surface area contributed by atoms with Crippen LogP contribution in [0.2, 0.25) is 0 Å². The van der Waals surface area contributed by atoms with E-state index >= 15 is 0 Å². The van der Waals surface area contributed by atoms with Crippen molar-refractivity contribution in [3.8, 4) is 11.4 Å². The molecule has 3 rings (SSSR count). The van der Waals surface area contributed by atoms with E-state index in [9.17, 15) is 0 Å². The Balaban J connectivity index is 2.24. The highest BCUT2D eigenvalue weighted by Gasteiger charge is 2.09. The Kier molecular flexibility index (Phi) is 3.17. The number of aryl methyl sites for hydroxylation is 1. The summed E-state index contributed by atoms with van der Waals surface area (Å²) in [4.78, 5) is 9.32. The number of benzene rings is 1. The van der Waals surface area contributed by atoms with Crippen molar-refractivity contribution in [2.45, 2.75) is 13.8 Å². The molecule has 0 bridgehead atoms. The molecule has 0 saturated heterocycles. The molecule has 0 atom stereocenters. The van der Waals surface area contributed by atoms with Gasteiger partial charge in [-0.05, 0) is 37.4 Å². The number of fused-ring (bicyclic) bond motifs is 1. The first-order valence-corrected chi connectivity index (χ1v) is 7.27. The molecule has 3 aromatic rings. The molecule has 0 saturated carbocycles. The van der Waals surface area contributed by atoms with E-state index in [0.29, 0.717) is 0 Å². The topological polar surface area (TPSA) is 37.8 Å². The van der Waals surface area contributed by atoms with Gasteiger partial charge in [-0.2, -0.15) is 11.3 Å². The van der Waals surface area contributed by atoms with Crippen molar-refractivity contribution in [1.29, 1.82) is 0 Å². The lowest BCUT2D eigenvalue weighted by atomic mass is 10.1. The van der Waals surface area contributed by atoms with Crippen molar-refractivity contribution in [2.24, 2.45) is 0 Å². The summed E-state index contributed by atoms with van der Waals surface area (Å²) in [6.07, 6.45) is 0. The number of nitrogens with zero attached hydrogens (tertiary/aromatic N) is 2. The molecule has 2 heterocycles. The summed E-state index contributed by atoms with van der Waals surface area (Å²) in [7, 11) is 0. The predicted molar refractivity (Wildman–Crippen MR) is 81.8 cm³/mol. The lowest BCUT2D eigenvalue weighted by molar-refractivity contribution is 1.15. The van der Waals surface area contributed by atoms with Gasteiger partial charge in [0.2, 0.25) is 0 Å². The molecular weight excluding hydrogens is 254 g/mol. The van der Waals surface area contributed by atoms with Crippen LogP contribution in [0.15, 0.2) is 35.0 Å². The average molecular weight is 269 g/mol. The van der Waals surface area contributed by atoms with Crippen LogP contribution >= 0.6 is 11.3 Å². The van der Waals surface area contributed by atoms with Gasteiger partial charge in [0.05, 0.1) is 5.52 Å². The lowest BCUT2D eigenvalue weighted by Gasteiger charge is -2.09. The van der Waals surface area contributed by atoms with Crippen LogP contribution in [-0.2, 0) is 0 Å². The highest BCUT2D eigenvalue weighted by molar-refractivity contribution is 7.08. The van der Waals surface area contributed by atoms with E-state index in [1.54, 1.807) is 11.3 Å². The van der Waals surface area contributed by atoms with Crippen LogP contribution in [0, 0.1) is 6.92 Å². The quantitative estimate of drug-likeness (QED) is 0.778. The van der Waals surface area contributed by atoms with Gasteiger partial charge in [-0.1, -0.05) is 11.6 Å². The van der Waals surface area contributed by atoms with E-state index < -0.39 is 0 Å². The molecular formula is C15H15N3S. The molecule has 96 valence electrons. The zero-order valence-corrected chi connectivity index (χ0v) is 11.8. The molecule has 19 heavy (non-hydrogen) atoms. The van der Waals surface area contributed by atoms with E-state index in [-0.39, 0.29) is 0 Å². The molecule has 4 heteroatoms. The van der Waals surface area contributed by atoms with Gasteiger partial charge in [-0.25, -0.2) is 9.97 Å². The third kappa shape index (κ3) is 2.31. The molecule has 0 unspecified atom stereocenters. The Hall–Kier alpha value is -1.94. The summed E-state index contributed by atoms with van der Waals surface area (Å²) < 4.78 is 0. The normalized spacial score (nSPS) is 10.8. The van der Waals surface area contributed by atoms with Crippen LogP contribution in [0.4, 0.5) is 5.82 Å². The average Bonchev–Trinajstić information content (AvgIpc) is 2.93. The number of rotatable bonds is 3. The maximum Gasteiger partial charge on any atom is 0.162 e. The molecule has 0 amide bonds. The minimum Gasteiger partial charge on any atom is -0.370 e. The Bertz CT molecular complexity index is 705. The second-order valence-electron chi connectivity index (χ2n) is 4.46. The smallest absolute Gasteiger partial charge is 0.162 e. The third-order valence-corrected chi connectivity index (χ3v) is 3.66. The van der Waals surface area contributed by atoms with Crippen molar-refractivity contribution in [1.82, 2.24) is 9.97 Å². The molecule has 0 fully saturated rings. The zero-order chi connectivity index (χ0) is 13.2. The monoisotopic (exact) mass is 269 g/mol. The molecule has 0 spiro atoms. The van der Waals surface area contributed by atoms with Crippen molar-refractivity contribution in [2.75, 3.05) is 11.9 Å². The second kappa shape index (κ2) is 4.97. The predicted octanol–water partition coefficient (Wildman–Crippen LogP) is 4.10. The van der Waals surface area contributed by atoms with Crippen LogP contribution in [0.3, 0.4) is 0 Å². The van der Waals surface area contributed by atoms with Crippen LogP contribution in [0.25, 0.3) is 22.3 Å². The molecule has 0 aliphatic carbocycles. The van der Waals surface area contributed by atoms with E-state index in [1.807, 2.05) is 5.38 Å². The van der Waals surface area contributed by atoms with E-state index in [1.165, 1.54) is 5.56 Å². The SMILES string of the molecule is CCNc1nc(-c2ccsc2)nc2ccc(C)cc12. The van der Waals surface area contributed by atoms with Gasteiger partial charge >= 0.3 is 0 Å². The van der Waals surface area contributed by atoms with Crippen LogP contribution in [-0.4, -0.2) is 16.5 Å². The Morgan fingerprint density at radius 2 is 2.11 bits per heavy atom. The van der Waals surface area contributed by atoms with Crippen LogP contribution in [0.5, 0.6) is 0 Å². The van der Waals surface area contributed by atoms with Gasteiger partial charge < -0.3 is 5.32 Å². The maximum absolute atomic E-state index is 4.66. The third-order valence-electron chi connectivity index (χ3n) is 2.97. The highest BCUT2D eigenvalue weighted by atomic mass is 32.1. The molecule has 0 aliphatic heterocycles. The fourth-order valence-corrected chi connectivity index (χ4v) is 2.70. The summed E-state index contributed by atoms with van der Waals surface area (Å²) >= 11 is 1.66. The van der Waals surface area contributed by atoms with E-state index in [0.717, 1.165) is 34.7 Å². The van der Waals surface area contributed by atoms with Crippen molar-refractivity contribution < 1.29 is 0 Å². The van der Waals surface area contributed by atoms with Gasteiger partial charge in [0.15, 0.2) is 5.82 Å².